The van der Waals surface area contributed by atoms with Crippen LogP contribution in [0.4, 0.5) is 0 Å². The molecule has 21 heavy (non-hydrogen) atoms. The number of carbonyl (C=O) groups excluding carboxylic acids is 1. The van der Waals surface area contributed by atoms with Gasteiger partial charge in [0.15, 0.2) is 0 Å². The number of hydrogen-bond donors (Lipinski definition) is 1. The summed E-state index contributed by atoms with van der Waals surface area (Å²) in [5.41, 5.74) is 0. The molecule has 0 aliphatic carbocycles. The fraction of sp³-hybridized carbons (Fsp3) is 0.938. The van der Waals surface area contributed by atoms with Crippen molar-refractivity contribution in [3.05, 3.63) is 0 Å². The summed E-state index contributed by atoms with van der Waals surface area (Å²) in [6.45, 7) is 8.89. The third-order valence-corrected chi connectivity index (χ3v) is 5.21. The maximum Gasteiger partial charge on any atom is 0.226 e. The molecular weight excluding hydrogens is 266 g/mol. The Morgan fingerprint density at radius 1 is 1.24 bits per heavy atom. The first kappa shape index (κ1) is 15.3. The normalized spacial score (nSPS) is 35.1. The van der Waals surface area contributed by atoms with E-state index in [2.05, 4.69) is 22.0 Å². The van der Waals surface area contributed by atoms with Crippen molar-refractivity contribution in [2.24, 2.45) is 5.92 Å². The predicted molar refractivity (Wildman–Crippen MR) is 82.2 cm³/mol. The minimum atomic E-state index is 0.242. The molecule has 5 nitrogen and oxygen atoms in total. The van der Waals surface area contributed by atoms with Gasteiger partial charge in [-0.3, -0.25) is 9.69 Å². The molecule has 1 N–H and O–H groups in total. The number of nitrogens with zero attached hydrogens (tertiary/aromatic N) is 2. The molecule has 3 saturated heterocycles. The van der Waals surface area contributed by atoms with E-state index in [-0.39, 0.29) is 5.92 Å². The molecule has 3 atom stereocenters. The van der Waals surface area contributed by atoms with Gasteiger partial charge >= 0.3 is 0 Å². The number of morpholine rings is 1. The van der Waals surface area contributed by atoms with Crippen LogP contribution in [-0.4, -0.2) is 73.7 Å². The van der Waals surface area contributed by atoms with E-state index in [1.54, 1.807) is 0 Å². The van der Waals surface area contributed by atoms with E-state index in [9.17, 15) is 4.79 Å². The van der Waals surface area contributed by atoms with E-state index in [1.165, 1.54) is 12.8 Å². The fourth-order valence-electron chi connectivity index (χ4n) is 3.99. The van der Waals surface area contributed by atoms with Crippen LogP contribution in [0.2, 0.25) is 0 Å². The van der Waals surface area contributed by atoms with Gasteiger partial charge in [0, 0.05) is 44.2 Å². The second-order valence-electron chi connectivity index (χ2n) is 6.82. The molecule has 0 aromatic rings. The highest BCUT2D eigenvalue weighted by Gasteiger charge is 2.35. The topological polar surface area (TPSA) is 44.8 Å². The van der Waals surface area contributed by atoms with E-state index in [0.29, 0.717) is 18.0 Å². The summed E-state index contributed by atoms with van der Waals surface area (Å²) in [5, 5.41) is 3.44. The Bertz CT molecular complexity index is 357. The van der Waals surface area contributed by atoms with Gasteiger partial charge in [-0.2, -0.15) is 0 Å². The number of rotatable bonds is 3. The van der Waals surface area contributed by atoms with Crippen molar-refractivity contribution in [1.29, 1.82) is 0 Å². The third-order valence-electron chi connectivity index (χ3n) is 5.21. The number of amides is 1. The van der Waals surface area contributed by atoms with Gasteiger partial charge in [-0.05, 0) is 39.2 Å². The lowest BCUT2D eigenvalue weighted by atomic mass is 9.91. The zero-order valence-electron chi connectivity index (χ0n) is 13.2. The highest BCUT2D eigenvalue weighted by atomic mass is 16.5. The van der Waals surface area contributed by atoms with Crippen molar-refractivity contribution in [2.45, 2.75) is 44.7 Å². The van der Waals surface area contributed by atoms with Crippen LogP contribution in [0.25, 0.3) is 0 Å². The SMILES string of the molecule is C[C@H]1C[C@@H](C(=O)N2CCCC2CN2CCOCC2)CCN1. The zero-order valence-corrected chi connectivity index (χ0v) is 13.2. The summed E-state index contributed by atoms with van der Waals surface area (Å²) in [7, 11) is 0. The molecule has 0 radical (unpaired) electrons. The van der Waals surface area contributed by atoms with Gasteiger partial charge < -0.3 is 15.0 Å². The molecule has 0 aromatic carbocycles. The van der Waals surface area contributed by atoms with E-state index < -0.39 is 0 Å². The third kappa shape index (κ3) is 3.76. The largest absolute Gasteiger partial charge is 0.379 e. The minimum absolute atomic E-state index is 0.242. The highest BCUT2D eigenvalue weighted by Crippen LogP contribution is 2.25. The minimum Gasteiger partial charge on any atom is -0.379 e. The lowest BCUT2D eigenvalue weighted by Gasteiger charge is -2.36. The van der Waals surface area contributed by atoms with Gasteiger partial charge in [-0.1, -0.05) is 0 Å². The first-order valence-electron chi connectivity index (χ1n) is 8.58. The molecule has 3 aliphatic heterocycles. The second-order valence-corrected chi connectivity index (χ2v) is 6.82. The van der Waals surface area contributed by atoms with Gasteiger partial charge in [0.1, 0.15) is 0 Å². The van der Waals surface area contributed by atoms with E-state index in [4.69, 9.17) is 4.74 Å². The summed E-state index contributed by atoms with van der Waals surface area (Å²) >= 11 is 0. The molecule has 3 heterocycles. The molecule has 0 bridgehead atoms. The average Bonchev–Trinajstić information content (AvgIpc) is 2.95. The molecule has 5 heteroatoms. The first-order valence-corrected chi connectivity index (χ1v) is 8.58. The van der Waals surface area contributed by atoms with Crippen molar-refractivity contribution in [1.82, 2.24) is 15.1 Å². The standard InChI is InChI=1S/C16H29N3O2/c1-13-11-14(4-5-17-13)16(20)19-6-2-3-15(19)12-18-7-9-21-10-8-18/h13-15,17H,2-12H2,1H3/t13-,14-,15?/m0/s1. The monoisotopic (exact) mass is 295 g/mol. The molecule has 0 saturated carbocycles. The molecule has 3 rings (SSSR count). The fourth-order valence-corrected chi connectivity index (χ4v) is 3.99. The maximum atomic E-state index is 12.9. The Kier molecular flexibility index (Phi) is 5.14. The quantitative estimate of drug-likeness (QED) is 0.832. The molecule has 3 fully saturated rings. The van der Waals surface area contributed by atoms with Crippen LogP contribution in [0.15, 0.2) is 0 Å². The molecule has 0 spiro atoms. The van der Waals surface area contributed by atoms with Crippen molar-refractivity contribution < 1.29 is 9.53 Å². The van der Waals surface area contributed by atoms with Crippen LogP contribution in [-0.2, 0) is 9.53 Å². The number of piperidine rings is 1. The van der Waals surface area contributed by atoms with Crippen molar-refractivity contribution >= 4 is 5.91 Å². The highest BCUT2D eigenvalue weighted by molar-refractivity contribution is 5.79. The van der Waals surface area contributed by atoms with E-state index in [1.807, 2.05) is 0 Å². The molecule has 1 amide bonds. The van der Waals surface area contributed by atoms with Crippen LogP contribution < -0.4 is 5.32 Å². The lowest BCUT2D eigenvalue weighted by Crippen LogP contribution is -2.50. The smallest absolute Gasteiger partial charge is 0.226 e. The lowest BCUT2D eigenvalue weighted by molar-refractivity contribution is -0.138. The van der Waals surface area contributed by atoms with Gasteiger partial charge in [-0.15, -0.1) is 0 Å². The molecule has 3 aliphatic rings. The molecule has 1 unspecified atom stereocenters. The Morgan fingerprint density at radius 3 is 2.81 bits per heavy atom. The van der Waals surface area contributed by atoms with Crippen molar-refractivity contribution in [3.8, 4) is 0 Å². The van der Waals surface area contributed by atoms with Crippen LogP contribution in [0.5, 0.6) is 0 Å². The van der Waals surface area contributed by atoms with Gasteiger partial charge in [-0.25, -0.2) is 0 Å². The summed E-state index contributed by atoms with van der Waals surface area (Å²) in [6.07, 6.45) is 4.34. The first-order chi connectivity index (χ1) is 10.2. The average molecular weight is 295 g/mol. The number of nitrogens with one attached hydrogen (secondary N) is 1. The Hall–Kier alpha value is -0.650. The Balaban J connectivity index is 1.56. The maximum absolute atomic E-state index is 12.9. The second kappa shape index (κ2) is 7.07. The number of ether oxygens (including phenoxy) is 1. The van der Waals surface area contributed by atoms with Crippen molar-refractivity contribution in [3.63, 3.8) is 0 Å². The van der Waals surface area contributed by atoms with Gasteiger partial charge in [0.05, 0.1) is 13.2 Å². The Morgan fingerprint density at radius 2 is 2.05 bits per heavy atom. The van der Waals surface area contributed by atoms with Gasteiger partial charge in [0.2, 0.25) is 5.91 Å². The van der Waals surface area contributed by atoms with E-state index >= 15 is 0 Å². The van der Waals surface area contributed by atoms with Crippen molar-refractivity contribution in [2.75, 3.05) is 45.9 Å². The summed E-state index contributed by atoms with van der Waals surface area (Å²) < 4.78 is 5.42. The molecule has 120 valence electrons. The van der Waals surface area contributed by atoms with Gasteiger partial charge in [0.25, 0.3) is 0 Å². The molecular formula is C16H29N3O2. The van der Waals surface area contributed by atoms with E-state index in [0.717, 1.165) is 58.8 Å². The summed E-state index contributed by atoms with van der Waals surface area (Å²) in [5.74, 6) is 0.658. The summed E-state index contributed by atoms with van der Waals surface area (Å²) in [6, 6.07) is 0.911. The number of carbonyl (C=O) groups is 1. The zero-order chi connectivity index (χ0) is 14.7. The van der Waals surface area contributed by atoms with Crippen LogP contribution >= 0.6 is 0 Å². The predicted octanol–water partition coefficient (Wildman–Crippen LogP) is 0.698. The summed E-state index contributed by atoms with van der Waals surface area (Å²) in [4.78, 5) is 17.5. The number of likely N-dealkylation sites (tertiary alicyclic amines) is 1. The van der Waals surface area contributed by atoms with Crippen LogP contribution in [0.1, 0.15) is 32.6 Å². The molecule has 0 aromatic heterocycles. The van der Waals surface area contributed by atoms with Crippen LogP contribution in [0, 0.1) is 5.92 Å². The number of hydrogen-bond acceptors (Lipinski definition) is 4. The Labute approximate surface area is 128 Å². The van der Waals surface area contributed by atoms with Crippen LogP contribution in [0.3, 0.4) is 0 Å².